The Morgan fingerprint density at radius 3 is 2.75 bits per heavy atom. The van der Waals surface area contributed by atoms with Crippen LogP contribution in [0.25, 0.3) is 0 Å². The average Bonchev–Trinajstić information content (AvgIpc) is 2.98. The number of hydrogen-bond acceptors (Lipinski definition) is 3. The second kappa shape index (κ2) is 8.40. The molecule has 1 aromatic carbocycles. The van der Waals surface area contributed by atoms with E-state index in [9.17, 15) is 0 Å². The Bertz CT molecular complexity index is 371. The molecule has 0 amide bonds. The molecule has 20 heavy (non-hydrogen) atoms. The van der Waals surface area contributed by atoms with Crippen molar-refractivity contribution in [3.8, 4) is 0 Å². The third-order valence-corrected chi connectivity index (χ3v) is 3.93. The zero-order valence-electron chi connectivity index (χ0n) is 12.7. The van der Waals surface area contributed by atoms with E-state index in [2.05, 4.69) is 36.5 Å². The Kier molecular flexibility index (Phi) is 6.51. The van der Waals surface area contributed by atoms with E-state index in [0.717, 1.165) is 39.3 Å². The van der Waals surface area contributed by atoms with Crippen LogP contribution in [0.15, 0.2) is 24.3 Å². The fourth-order valence-electron chi connectivity index (χ4n) is 2.62. The molecule has 112 valence electrons. The van der Waals surface area contributed by atoms with E-state index in [1.165, 1.54) is 17.5 Å². The molecule has 2 unspecified atom stereocenters. The van der Waals surface area contributed by atoms with Crippen molar-refractivity contribution < 1.29 is 9.47 Å². The summed E-state index contributed by atoms with van der Waals surface area (Å²) >= 11 is 0. The van der Waals surface area contributed by atoms with Gasteiger partial charge in [0.25, 0.3) is 0 Å². The minimum Gasteiger partial charge on any atom is -0.381 e. The van der Waals surface area contributed by atoms with Crippen molar-refractivity contribution in [3.63, 3.8) is 0 Å². The maximum atomic E-state index is 5.86. The first-order chi connectivity index (χ1) is 9.83. The minimum absolute atomic E-state index is 0.271. The first-order valence-corrected chi connectivity index (χ1v) is 7.75. The van der Waals surface area contributed by atoms with Crippen LogP contribution in [0.1, 0.15) is 36.9 Å². The number of rotatable bonds is 8. The highest BCUT2D eigenvalue weighted by Gasteiger charge is 2.17. The van der Waals surface area contributed by atoms with Gasteiger partial charge in [0.2, 0.25) is 0 Å². The first-order valence-electron chi connectivity index (χ1n) is 7.75. The van der Waals surface area contributed by atoms with E-state index in [1.54, 1.807) is 0 Å². The Hall–Kier alpha value is -0.900. The highest BCUT2D eigenvalue weighted by molar-refractivity contribution is 5.25. The monoisotopic (exact) mass is 277 g/mol. The molecule has 0 spiro atoms. The van der Waals surface area contributed by atoms with Crippen LogP contribution >= 0.6 is 0 Å². The van der Waals surface area contributed by atoms with Gasteiger partial charge in [0, 0.05) is 12.5 Å². The van der Waals surface area contributed by atoms with Gasteiger partial charge in [-0.15, -0.1) is 0 Å². The SMILES string of the molecule is CCCc1ccc(C(COCC2CCOC2)NC)cc1. The first kappa shape index (κ1) is 15.5. The van der Waals surface area contributed by atoms with Crippen molar-refractivity contribution in [1.82, 2.24) is 5.32 Å². The quantitative estimate of drug-likeness (QED) is 0.792. The van der Waals surface area contributed by atoms with E-state index in [0.29, 0.717) is 5.92 Å². The zero-order valence-corrected chi connectivity index (χ0v) is 12.7. The van der Waals surface area contributed by atoms with Gasteiger partial charge in [-0.05, 0) is 31.0 Å². The van der Waals surface area contributed by atoms with E-state index >= 15 is 0 Å². The standard InChI is InChI=1S/C17H27NO2/c1-3-4-14-5-7-16(8-6-14)17(18-2)13-20-12-15-9-10-19-11-15/h5-8,15,17-18H,3-4,9-13H2,1-2H3. The summed E-state index contributed by atoms with van der Waals surface area (Å²) in [4.78, 5) is 0. The van der Waals surface area contributed by atoms with Crippen LogP contribution in [0.4, 0.5) is 0 Å². The summed E-state index contributed by atoms with van der Waals surface area (Å²) in [6, 6.07) is 9.16. The Labute approximate surface area is 122 Å². The smallest absolute Gasteiger partial charge is 0.0661 e. The van der Waals surface area contributed by atoms with E-state index in [1.807, 2.05) is 7.05 Å². The highest BCUT2D eigenvalue weighted by atomic mass is 16.5. The number of nitrogens with one attached hydrogen (secondary N) is 1. The molecule has 1 aromatic rings. The van der Waals surface area contributed by atoms with Crippen molar-refractivity contribution in [3.05, 3.63) is 35.4 Å². The topological polar surface area (TPSA) is 30.5 Å². The van der Waals surface area contributed by atoms with E-state index in [4.69, 9.17) is 9.47 Å². The lowest BCUT2D eigenvalue weighted by Gasteiger charge is -2.18. The Morgan fingerprint density at radius 1 is 1.35 bits per heavy atom. The average molecular weight is 277 g/mol. The van der Waals surface area contributed by atoms with Gasteiger partial charge >= 0.3 is 0 Å². The van der Waals surface area contributed by atoms with Crippen LogP contribution in [-0.2, 0) is 15.9 Å². The summed E-state index contributed by atoms with van der Waals surface area (Å²) in [7, 11) is 1.99. The fourth-order valence-corrected chi connectivity index (χ4v) is 2.62. The lowest BCUT2D eigenvalue weighted by atomic mass is 10.0. The number of likely N-dealkylation sites (N-methyl/N-ethyl adjacent to an activating group) is 1. The van der Waals surface area contributed by atoms with Gasteiger partial charge in [-0.3, -0.25) is 0 Å². The van der Waals surface area contributed by atoms with Gasteiger partial charge in [0.15, 0.2) is 0 Å². The molecule has 1 aliphatic heterocycles. The van der Waals surface area contributed by atoms with E-state index in [-0.39, 0.29) is 6.04 Å². The summed E-state index contributed by atoms with van der Waals surface area (Å²) in [6.45, 7) is 5.50. The molecule has 0 aromatic heterocycles. The Morgan fingerprint density at radius 2 is 2.15 bits per heavy atom. The van der Waals surface area contributed by atoms with Crippen LogP contribution in [0.3, 0.4) is 0 Å². The molecular weight excluding hydrogens is 250 g/mol. The largest absolute Gasteiger partial charge is 0.381 e. The number of hydrogen-bond donors (Lipinski definition) is 1. The molecule has 1 N–H and O–H groups in total. The van der Waals surface area contributed by atoms with Crippen LogP contribution in [0.5, 0.6) is 0 Å². The molecule has 3 heteroatoms. The van der Waals surface area contributed by atoms with Crippen molar-refractivity contribution in [2.24, 2.45) is 5.92 Å². The summed E-state index contributed by atoms with van der Waals surface area (Å²) in [5.41, 5.74) is 2.71. The molecule has 2 atom stereocenters. The summed E-state index contributed by atoms with van der Waals surface area (Å²) in [5, 5.41) is 3.34. The number of benzene rings is 1. The van der Waals surface area contributed by atoms with Crippen LogP contribution in [0, 0.1) is 5.92 Å². The van der Waals surface area contributed by atoms with Gasteiger partial charge in [0.05, 0.1) is 25.9 Å². The van der Waals surface area contributed by atoms with Crippen LogP contribution in [0.2, 0.25) is 0 Å². The Balaban J connectivity index is 1.80. The van der Waals surface area contributed by atoms with Gasteiger partial charge in [-0.25, -0.2) is 0 Å². The molecule has 2 rings (SSSR count). The molecule has 1 fully saturated rings. The van der Waals surface area contributed by atoms with Gasteiger partial charge in [-0.2, -0.15) is 0 Å². The lowest BCUT2D eigenvalue weighted by molar-refractivity contribution is 0.0758. The van der Waals surface area contributed by atoms with Crippen molar-refractivity contribution in [2.75, 3.05) is 33.5 Å². The fraction of sp³-hybridized carbons (Fsp3) is 0.647. The highest BCUT2D eigenvalue weighted by Crippen LogP contribution is 2.17. The number of ether oxygens (including phenoxy) is 2. The minimum atomic E-state index is 0.271. The molecular formula is C17H27NO2. The zero-order chi connectivity index (χ0) is 14.2. The van der Waals surface area contributed by atoms with Gasteiger partial charge < -0.3 is 14.8 Å². The van der Waals surface area contributed by atoms with Crippen molar-refractivity contribution >= 4 is 0 Å². The summed E-state index contributed by atoms with van der Waals surface area (Å²) in [5.74, 6) is 0.583. The van der Waals surface area contributed by atoms with Crippen molar-refractivity contribution in [2.45, 2.75) is 32.2 Å². The predicted molar refractivity (Wildman–Crippen MR) is 82.0 cm³/mol. The second-order valence-corrected chi connectivity index (χ2v) is 5.60. The van der Waals surface area contributed by atoms with Gasteiger partial charge in [0.1, 0.15) is 0 Å². The van der Waals surface area contributed by atoms with Crippen molar-refractivity contribution in [1.29, 1.82) is 0 Å². The van der Waals surface area contributed by atoms with Gasteiger partial charge in [-0.1, -0.05) is 37.6 Å². The lowest BCUT2D eigenvalue weighted by Crippen LogP contribution is -2.23. The normalized spacial score (nSPS) is 20.2. The van der Waals surface area contributed by atoms with Crippen LogP contribution in [-0.4, -0.2) is 33.5 Å². The molecule has 0 aliphatic carbocycles. The maximum Gasteiger partial charge on any atom is 0.0661 e. The molecule has 0 bridgehead atoms. The third-order valence-electron chi connectivity index (χ3n) is 3.93. The third kappa shape index (κ3) is 4.58. The molecule has 1 aliphatic rings. The molecule has 0 radical (unpaired) electrons. The summed E-state index contributed by atoms with van der Waals surface area (Å²) in [6.07, 6.45) is 3.49. The summed E-state index contributed by atoms with van der Waals surface area (Å²) < 4.78 is 11.2. The van der Waals surface area contributed by atoms with Crippen LogP contribution < -0.4 is 5.32 Å². The molecule has 3 nitrogen and oxygen atoms in total. The van der Waals surface area contributed by atoms with E-state index < -0.39 is 0 Å². The molecule has 1 saturated heterocycles. The second-order valence-electron chi connectivity index (χ2n) is 5.60. The molecule has 0 saturated carbocycles. The predicted octanol–water partition coefficient (Wildman–Crippen LogP) is 2.95. The maximum absolute atomic E-state index is 5.86. The number of aryl methyl sites for hydroxylation is 1. The molecule has 1 heterocycles.